The maximum absolute atomic E-state index is 13.6. The van der Waals surface area contributed by atoms with Crippen LogP contribution < -0.4 is 0 Å². The van der Waals surface area contributed by atoms with E-state index in [0.717, 1.165) is 12.8 Å². The first-order chi connectivity index (χ1) is 14.3. The van der Waals surface area contributed by atoms with Crippen LogP contribution in [0.3, 0.4) is 0 Å². The molecule has 0 N–H and O–H groups in total. The summed E-state index contributed by atoms with van der Waals surface area (Å²) in [5.41, 5.74) is 0.208. The number of allylic oxidation sites excluding steroid dienone is 1. The van der Waals surface area contributed by atoms with Crippen molar-refractivity contribution in [1.29, 1.82) is 0 Å². The zero-order valence-electron chi connectivity index (χ0n) is 21.0. The van der Waals surface area contributed by atoms with Crippen molar-refractivity contribution in [3.63, 3.8) is 0 Å². The molecule has 0 amide bonds. The van der Waals surface area contributed by atoms with Gasteiger partial charge in [-0.1, -0.05) is 0 Å². The molecule has 1 rings (SSSR count). The van der Waals surface area contributed by atoms with Crippen molar-refractivity contribution in [3.05, 3.63) is 9.16 Å². The molecule has 0 fully saturated rings. The Kier molecular flexibility index (Phi) is 12.3. The van der Waals surface area contributed by atoms with E-state index in [4.69, 9.17) is 4.74 Å². The Hall–Kier alpha value is -0.321. The molecule has 0 saturated carbocycles. The van der Waals surface area contributed by atoms with Gasteiger partial charge in [-0.05, 0) is 0 Å². The molecule has 0 spiro atoms. The first-order valence-corrected chi connectivity index (χ1v) is 20.2. The van der Waals surface area contributed by atoms with Crippen LogP contribution in [-0.4, -0.2) is 36.7 Å². The molecule has 0 saturated heterocycles. The van der Waals surface area contributed by atoms with Crippen LogP contribution in [0.1, 0.15) is 106 Å². The molecular formula is C26H48O3Sn. The van der Waals surface area contributed by atoms with Crippen LogP contribution >= 0.6 is 0 Å². The Labute approximate surface area is 190 Å². The van der Waals surface area contributed by atoms with Gasteiger partial charge in [-0.25, -0.2) is 0 Å². The standard InChI is InChI=1S/C14H21O3.3C4H9.Sn/c1-5-11-8-7-9-14(11,12(15)10(3)4)13(16)17-6-2;3*1-3-4-2;/h10H,5-7,9H2,1-4H3;3*1,3-4H2,2H3;. The van der Waals surface area contributed by atoms with Crippen LogP contribution in [0, 0.1) is 11.3 Å². The van der Waals surface area contributed by atoms with Crippen LogP contribution in [0.2, 0.25) is 13.3 Å². The molecule has 30 heavy (non-hydrogen) atoms. The molecule has 3 nitrogen and oxygen atoms in total. The first-order valence-electron chi connectivity index (χ1n) is 12.8. The monoisotopic (exact) mass is 528 g/mol. The molecule has 1 aliphatic rings. The van der Waals surface area contributed by atoms with Gasteiger partial charge in [0.25, 0.3) is 0 Å². The summed E-state index contributed by atoms with van der Waals surface area (Å²) in [6.45, 7) is 15.1. The third-order valence-electron chi connectivity index (χ3n) is 7.22. The van der Waals surface area contributed by atoms with Crippen molar-refractivity contribution in [2.24, 2.45) is 11.3 Å². The number of unbranched alkanes of at least 4 members (excludes halogenated alkanes) is 3. The van der Waals surface area contributed by atoms with Gasteiger partial charge in [0.2, 0.25) is 0 Å². The van der Waals surface area contributed by atoms with Crippen molar-refractivity contribution in [2.45, 2.75) is 120 Å². The SMILES string of the molecule is CCC[CH2][Sn]([CH2]CCC)([CH2]CCC)[C]1=C(CC)C(C(=O)OCC)(C(=O)C(C)C)CC1. The molecule has 0 aliphatic heterocycles. The zero-order valence-corrected chi connectivity index (χ0v) is 23.8. The van der Waals surface area contributed by atoms with Crippen molar-refractivity contribution < 1.29 is 14.3 Å². The van der Waals surface area contributed by atoms with Crippen LogP contribution in [0.15, 0.2) is 9.16 Å². The number of esters is 1. The van der Waals surface area contributed by atoms with Gasteiger partial charge in [0.15, 0.2) is 0 Å². The fraction of sp³-hybridized carbons (Fsp3) is 0.846. The fourth-order valence-corrected chi connectivity index (χ4v) is 24.0. The van der Waals surface area contributed by atoms with E-state index in [1.165, 1.54) is 57.4 Å². The summed E-state index contributed by atoms with van der Waals surface area (Å²) in [6, 6.07) is 0. The second-order valence-electron chi connectivity index (χ2n) is 9.55. The van der Waals surface area contributed by atoms with E-state index in [-0.39, 0.29) is 17.7 Å². The maximum atomic E-state index is 13.6. The Morgan fingerprint density at radius 3 is 1.80 bits per heavy atom. The molecule has 0 aromatic carbocycles. The first kappa shape index (κ1) is 27.7. The van der Waals surface area contributed by atoms with Crippen molar-refractivity contribution >= 4 is 30.1 Å². The number of ether oxygens (including phenoxy) is 1. The molecule has 0 aromatic heterocycles. The molecule has 0 bridgehead atoms. The summed E-state index contributed by atoms with van der Waals surface area (Å²) in [5, 5.41) is 0. The van der Waals surface area contributed by atoms with Crippen LogP contribution in [-0.2, 0) is 14.3 Å². The summed E-state index contributed by atoms with van der Waals surface area (Å²) in [6.07, 6.45) is 10.0. The average Bonchev–Trinajstić information content (AvgIpc) is 3.14. The van der Waals surface area contributed by atoms with Crippen LogP contribution in [0.5, 0.6) is 0 Å². The molecule has 0 aromatic rings. The van der Waals surface area contributed by atoms with E-state index in [9.17, 15) is 9.59 Å². The molecule has 0 heterocycles. The van der Waals surface area contributed by atoms with E-state index in [1.807, 2.05) is 20.8 Å². The summed E-state index contributed by atoms with van der Waals surface area (Å²) in [4.78, 5) is 26.9. The van der Waals surface area contributed by atoms with Gasteiger partial charge in [0, 0.05) is 0 Å². The number of Topliss-reactive ketones (excluding diaryl/α,β-unsaturated/α-hetero) is 1. The summed E-state index contributed by atoms with van der Waals surface area (Å²) in [7, 11) is 0. The molecule has 4 heteroatoms. The summed E-state index contributed by atoms with van der Waals surface area (Å²) >= 11 is -2.68. The summed E-state index contributed by atoms with van der Waals surface area (Å²) in [5.74, 6) is -0.325. The third-order valence-corrected chi connectivity index (χ3v) is 23.7. The molecule has 0 radical (unpaired) electrons. The zero-order chi connectivity index (χ0) is 22.8. The molecule has 1 unspecified atom stereocenters. The second kappa shape index (κ2) is 13.3. The number of carbonyl (C=O) groups is 2. The molecule has 174 valence electrons. The topological polar surface area (TPSA) is 43.4 Å². The predicted octanol–water partition coefficient (Wildman–Crippen LogP) is 7.65. The fourth-order valence-electron chi connectivity index (χ4n) is 5.69. The number of carbonyl (C=O) groups excluding carboxylic acids is 2. The van der Waals surface area contributed by atoms with E-state index in [1.54, 1.807) is 3.59 Å². The molecular weight excluding hydrogens is 479 g/mol. The van der Waals surface area contributed by atoms with E-state index in [0.29, 0.717) is 13.0 Å². The minimum absolute atomic E-state index is 0.0921. The summed E-state index contributed by atoms with van der Waals surface area (Å²) < 4.78 is 11.4. The van der Waals surface area contributed by atoms with Crippen LogP contribution in [0.4, 0.5) is 0 Å². The van der Waals surface area contributed by atoms with Crippen molar-refractivity contribution in [1.82, 2.24) is 0 Å². The van der Waals surface area contributed by atoms with E-state index in [2.05, 4.69) is 27.7 Å². The van der Waals surface area contributed by atoms with E-state index < -0.39 is 23.8 Å². The van der Waals surface area contributed by atoms with Gasteiger partial charge in [-0.3, -0.25) is 0 Å². The van der Waals surface area contributed by atoms with Gasteiger partial charge in [0.1, 0.15) is 0 Å². The molecule has 1 atom stereocenters. The van der Waals surface area contributed by atoms with Crippen molar-refractivity contribution in [2.75, 3.05) is 6.61 Å². The van der Waals surface area contributed by atoms with Crippen molar-refractivity contribution in [3.8, 4) is 0 Å². The van der Waals surface area contributed by atoms with E-state index >= 15 is 0 Å². The van der Waals surface area contributed by atoms with Gasteiger partial charge in [0.05, 0.1) is 0 Å². The predicted molar refractivity (Wildman–Crippen MR) is 130 cm³/mol. The minimum atomic E-state index is -2.68. The normalized spacial score (nSPS) is 19.6. The van der Waals surface area contributed by atoms with Gasteiger partial charge in [-0.2, -0.15) is 0 Å². The third kappa shape index (κ3) is 5.92. The Bertz CT molecular complexity index is 571. The Morgan fingerprint density at radius 1 is 0.933 bits per heavy atom. The average molecular weight is 527 g/mol. The molecule has 1 aliphatic carbocycles. The quantitative estimate of drug-likeness (QED) is 0.125. The van der Waals surface area contributed by atoms with Crippen LogP contribution in [0.25, 0.3) is 0 Å². The number of hydrogen-bond acceptors (Lipinski definition) is 3. The number of hydrogen-bond donors (Lipinski definition) is 0. The Morgan fingerprint density at radius 2 is 1.43 bits per heavy atom. The second-order valence-corrected chi connectivity index (χ2v) is 22.9. The Balaban J connectivity index is 3.68. The number of rotatable bonds is 15. The van der Waals surface area contributed by atoms with Gasteiger partial charge >= 0.3 is 191 Å². The van der Waals surface area contributed by atoms with Gasteiger partial charge in [-0.15, -0.1) is 0 Å². The van der Waals surface area contributed by atoms with Gasteiger partial charge < -0.3 is 0 Å². The number of ketones is 1.